The van der Waals surface area contributed by atoms with Gasteiger partial charge in [-0.1, -0.05) is 49.6 Å². The van der Waals surface area contributed by atoms with E-state index in [4.69, 9.17) is 4.74 Å². The van der Waals surface area contributed by atoms with Crippen LogP contribution >= 0.6 is 0 Å². The molecule has 92 valence electrons. The monoisotopic (exact) mass is 308 g/mol. The van der Waals surface area contributed by atoms with Crippen molar-refractivity contribution < 1.29 is 21.7 Å². The maximum atomic E-state index is 5.58. The fraction of sp³-hybridized carbons (Fsp3) is 0.500. The van der Waals surface area contributed by atoms with Crippen molar-refractivity contribution in [2.45, 2.75) is 38.7 Å². The number of unbranched alkanes of at least 4 members (excludes halogenated alkanes) is 4. The van der Waals surface area contributed by atoms with E-state index >= 15 is 0 Å². The number of hydrogen-bond donors (Lipinski definition) is 0. The van der Waals surface area contributed by atoms with Crippen molar-refractivity contribution in [1.29, 1.82) is 0 Å². The molecule has 0 bridgehead atoms. The molecule has 0 heterocycles. The zero-order valence-electron chi connectivity index (χ0n) is 10.5. The summed E-state index contributed by atoms with van der Waals surface area (Å²) in [5, 5.41) is 0. The minimum Gasteiger partial charge on any atom is -1.00 e. The molecular weight excluding hydrogens is 288 g/mol. The molecule has 0 aliphatic heterocycles. The Labute approximate surface area is 132 Å². The molecule has 0 N–H and O–H groups in total. The van der Waals surface area contributed by atoms with Crippen molar-refractivity contribution in [3.8, 4) is 0 Å². The summed E-state index contributed by atoms with van der Waals surface area (Å²) in [6.45, 7) is 5.46. The van der Waals surface area contributed by atoms with Gasteiger partial charge in [-0.2, -0.15) is 6.42 Å². The number of halogens is 1. The maximum absolute atomic E-state index is 5.58. The predicted molar refractivity (Wildman–Crippen MR) is 70.3 cm³/mol. The summed E-state index contributed by atoms with van der Waals surface area (Å²) in [4.78, 5) is 0. The zero-order valence-corrected chi connectivity index (χ0v) is 13.5. The van der Waals surface area contributed by atoms with Crippen LogP contribution in [-0.4, -0.2) is 29.7 Å². The summed E-state index contributed by atoms with van der Waals surface area (Å²) in [7, 11) is 0. The van der Waals surface area contributed by atoms with Gasteiger partial charge < -0.3 is 28.6 Å². The molecule has 1 aromatic rings. The molecule has 1 nitrogen and oxygen atoms in total. The molecule has 0 fully saturated rings. The van der Waals surface area contributed by atoms with Crippen LogP contribution < -0.4 is 17.0 Å². The molecule has 0 saturated carbocycles. The van der Waals surface area contributed by atoms with E-state index < -0.39 is 0 Å². The van der Waals surface area contributed by atoms with Gasteiger partial charge in [-0.15, -0.1) is 0 Å². The van der Waals surface area contributed by atoms with Gasteiger partial charge in [-0.3, -0.25) is 0 Å². The van der Waals surface area contributed by atoms with E-state index in [0.29, 0.717) is 0 Å². The second-order valence-electron chi connectivity index (χ2n) is 3.81. The van der Waals surface area contributed by atoms with Gasteiger partial charge in [0, 0.05) is 6.61 Å². The SMILES string of the molecule is [Br-].[CH2-]CCCCCCOCc1ccccc1.[Mg+2]. The molecule has 0 aliphatic rings. The predicted octanol–water partition coefficient (Wildman–Crippen LogP) is 0.611. The first-order valence-corrected chi connectivity index (χ1v) is 5.84. The first-order chi connectivity index (χ1) is 7.43. The molecule has 0 saturated heterocycles. The Hall–Kier alpha value is 0.426. The Morgan fingerprint density at radius 3 is 2.24 bits per heavy atom. The van der Waals surface area contributed by atoms with E-state index in [9.17, 15) is 0 Å². The molecule has 1 rings (SSSR count). The summed E-state index contributed by atoms with van der Waals surface area (Å²) in [6, 6.07) is 10.3. The third-order valence-corrected chi connectivity index (χ3v) is 2.40. The number of benzene rings is 1. The Morgan fingerprint density at radius 1 is 0.941 bits per heavy atom. The molecule has 0 atom stereocenters. The van der Waals surface area contributed by atoms with E-state index in [1.165, 1.54) is 31.2 Å². The normalized spacial score (nSPS) is 9.24. The summed E-state index contributed by atoms with van der Waals surface area (Å²) < 4.78 is 5.58. The van der Waals surface area contributed by atoms with Gasteiger partial charge in [-0.25, -0.2) is 0 Å². The first-order valence-electron chi connectivity index (χ1n) is 5.84. The Bertz CT molecular complexity index is 241. The van der Waals surface area contributed by atoms with Crippen LogP contribution in [0.15, 0.2) is 30.3 Å². The topological polar surface area (TPSA) is 9.23 Å². The molecule has 0 aliphatic carbocycles. The van der Waals surface area contributed by atoms with Gasteiger partial charge in [0.25, 0.3) is 0 Å². The van der Waals surface area contributed by atoms with Crippen molar-refractivity contribution in [2.75, 3.05) is 6.61 Å². The Morgan fingerprint density at radius 2 is 1.59 bits per heavy atom. The Kier molecular flexibility index (Phi) is 16.8. The molecule has 0 radical (unpaired) electrons. The molecule has 0 spiro atoms. The minimum absolute atomic E-state index is 0. The molecule has 0 unspecified atom stereocenters. The second kappa shape index (κ2) is 14.5. The van der Waals surface area contributed by atoms with Gasteiger partial charge in [-0.05, 0) is 12.0 Å². The van der Waals surface area contributed by atoms with E-state index in [1.54, 1.807) is 0 Å². The first kappa shape index (κ1) is 19.8. The number of ether oxygens (including phenoxy) is 1. The summed E-state index contributed by atoms with van der Waals surface area (Å²) in [6.07, 6.45) is 6.04. The number of hydrogen-bond acceptors (Lipinski definition) is 1. The van der Waals surface area contributed by atoms with Gasteiger partial charge in [0.1, 0.15) is 0 Å². The molecule has 3 heteroatoms. The standard InChI is InChI=1S/C14H21O.BrH.Mg/c1-2-3-4-5-9-12-15-13-14-10-7-6-8-11-14;;/h6-8,10-11H,1-5,9,12-13H2;1H;/q-1;;+2/p-1. The largest absolute Gasteiger partial charge is 2.00 e. The van der Waals surface area contributed by atoms with Crippen LogP contribution in [0.4, 0.5) is 0 Å². The van der Waals surface area contributed by atoms with Crippen molar-refractivity contribution in [1.82, 2.24) is 0 Å². The van der Waals surface area contributed by atoms with Gasteiger partial charge in [0.05, 0.1) is 6.61 Å². The molecule has 0 aromatic heterocycles. The second-order valence-corrected chi connectivity index (χ2v) is 3.81. The summed E-state index contributed by atoms with van der Waals surface area (Å²) in [5.74, 6) is 0. The smallest absolute Gasteiger partial charge is 1.00 e. The van der Waals surface area contributed by atoms with E-state index in [1.807, 2.05) is 18.2 Å². The van der Waals surface area contributed by atoms with E-state index in [0.717, 1.165) is 19.6 Å². The Balaban J connectivity index is 0. The average molecular weight is 310 g/mol. The third-order valence-electron chi connectivity index (χ3n) is 2.40. The third kappa shape index (κ3) is 11.3. The van der Waals surface area contributed by atoms with E-state index in [-0.39, 0.29) is 40.0 Å². The zero-order chi connectivity index (χ0) is 10.8. The average Bonchev–Trinajstić information content (AvgIpc) is 2.29. The minimum atomic E-state index is 0. The molecule has 0 amide bonds. The van der Waals surface area contributed by atoms with Crippen molar-refractivity contribution in [3.63, 3.8) is 0 Å². The van der Waals surface area contributed by atoms with Crippen LogP contribution in [0.1, 0.15) is 37.7 Å². The summed E-state index contributed by atoms with van der Waals surface area (Å²) in [5.41, 5.74) is 1.26. The van der Waals surface area contributed by atoms with Crippen LogP contribution in [0.2, 0.25) is 0 Å². The van der Waals surface area contributed by atoms with Crippen LogP contribution in [0, 0.1) is 6.92 Å². The van der Waals surface area contributed by atoms with Crippen molar-refractivity contribution in [3.05, 3.63) is 42.8 Å². The molecule has 1 aromatic carbocycles. The molecule has 17 heavy (non-hydrogen) atoms. The van der Waals surface area contributed by atoms with Crippen molar-refractivity contribution >= 4 is 23.1 Å². The summed E-state index contributed by atoms with van der Waals surface area (Å²) >= 11 is 0. The van der Waals surface area contributed by atoms with Gasteiger partial charge in [0.2, 0.25) is 0 Å². The number of rotatable bonds is 8. The quantitative estimate of drug-likeness (QED) is 0.388. The van der Waals surface area contributed by atoms with Crippen LogP contribution in [0.3, 0.4) is 0 Å². The maximum Gasteiger partial charge on any atom is 2.00 e. The van der Waals surface area contributed by atoms with E-state index in [2.05, 4.69) is 19.1 Å². The van der Waals surface area contributed by atoms with Crippen LogP contribution in [-0.2, 0) is 11.3 Å². The van der Waals surface area contributed by atoms with Gasteiger partial charge >= 0.3 is 23.1 Å². The van der Waals surface area contributed by atoms with Crippen LogP contribution in [0.5, 0.6) is 0 Å². The van der Waals surface area contributed by atoms with Crippen molar-refractivity contribution in [2.24, 2.45) is 0 Å². The fourth-order valence-corrected chi connectivity index (χ4v) is 1.50. The van der Waals surface area contributed by atoms with Gasteiger partial charge in [0.15, 0.2) is 0 Å². The fourth-order valence-electron chi connectivity index (χ4n) is 1.50. The van der Waals surface area contributed by atoms with Crippen LogP contribution in [0.25, 0.3) is 0 Å². The molecular formula is C14H21BrMgO.